The molecule has 0 aromatic heterocycles. The van der Waals surface area contributed by atoms with Crippen LogP contribution in [0.4, 0.5) is 0 Å². The van der Waals surface area contributed by atoms with Crippen LogP contribution < -0.4 is 5.32 Å². The zero-order chi connectivity index (χ0) is 10.1. The Kier molecular flexibility index (Phi) is 3.36. The number of likely N-dealkylation sites (N-methyl/N-ethyl adjacent to an activating group) is 1. The van der Waals surface area contributed by atoms with Gasteiger partial charge in [-0.1, -0.05) is 6.92 Å². The fraction of sp³-hybridized carbons (Fsp3) is 1.00. The fourth-order valence-electron chi connectivity index (χ4n) is 2.46. The molecular weight excluding hydrogens is 160 g/mol. The van der Waals surface area contributed by atoms with E-state index in [1.807, 2.05) is 0 Å². The molecule has 2 atom stereocenters. The Morgan fingerprint density at radius 2 is 2.15 bits per heavy atom. The van der Waals surface area contributed by atoms with Crippen molar-refractivity contribution in [1.82, 2.24) is 10.2 Å². The van der Waals surface area contributed by atoms with Crippen LogP contribution in [0.15, 0.2) is 0 Å². The first kappa shape index (κ1) is 11.0. The Bertz CT molecular complexity index is 165. The van der Waals surface area contributed by atoms with Gasteiger partial charge < -0.3 is 5.32 Å². The van der Waals surface area contributed by atoms with E-state index in [4.69, 9.17) is 0 Å². The molecule has 0 spiro atoms. The fourth-order valence-corrected chi connectivity index (χ4v) is 2.46. The highest BCUT2D eigenvalue weighted by Gasteiger charge is 2.39. The second-order valence-corrected chi connectivity index (χ2v) is 4.91. The lowest BCUT2D eigenvalue weighted by Crippen LogP contribution is -2.44. The maximum Gasteiger partial charge on any atom is 0.0209 e. The van der Waals surface area contributed by atoms with Crippen molar-refractivity contribution in [1.29, 1.82) is 0 Å². The third-order valence-corrected chi connectivity index (χ3v) is 3.47. The Morgan fingerprint density at radius 1 is 1.54 bits per heavy atom. The first-order valence-corrected chi connectivity index (χ1v) is 5.45. The number of rotatable bonds is 3. The lowest BCUT2D eigenvalue weighted by Gasteiger charge is -2.36. The van der Waals surface area contributed by atoms with Gasteiger partial charge in [0.15, 0.2) is 0 Å². The first-order chi connectivity index (χ1) is 6.01. The Morgan fingerprint density at radius 3 is 2.54 bits per heavy atom. The molecule has 0 aromatic carbocycles. The Hall–Kier alpha value is -0.0800. The first-order valence-electron chi connectivity index (χ1n) is 5.45. The van der Waals surface area contributed by atoms with Crippen LogP contribution in [0.1, 0.15) is 40.5 Å². The van der Waals surface area contributed by atoms with E-state index in [1.165, 1.54) is 19.4 Å². The summed E-state index contributed by atoms with van der Waals surface area (Å²) >= 11 is 0. The number of nitrogens with one attached hydrogen (secondary N) is 1. The summed E-state index contributed by atoms with van der Waals surface area (Å²) in [5, 5.41) is 3.39. The van der Waals surface area contributed by atoms with Crippen molar-refractivity contribution >= 4 is 0 Å². The van der Waals surface area contributed by atoms with Crippen LogP contribution in [-0.4, -0.2) is 36.1 Å². The molecule has 0 aliphatic carbocycles. The van der Waals surface area contributed by atoms with E-state index in [2.05, 4.69) is 45.0 Å². The molecule has 1 rings (SSSR count). The molecule has 0 aromatic rings. The van der Waals surface area contributed by atoms with Crippen molar-refractivity contribution in [2.75, 3.05) is 13.6 Å². The van der Waals surface area contributed by atoms with Crippen LogP contribution >= 0.6 is 0 Å². The standard InChI is InChI=1S/C11H24N2/c1-6-9(2)13-8-10(12-5)7-11(13,3)4/h9-10,12H,6-8H2,1-5H3. The predicted molar refractivity (Wildman–Crippen MR) is 58.0 cm³/mol. The molecule has 0 saturated carbocycles. The number of nitrogens with zero attached hydrogens (tertiary/aromatic N) is 1. The van der Waals surface area contributed by atoms with E-state index in [9.17, 15) is 0 Å². The molecule has 1 fully saturated rings. The van der Waals surface area contributed by atoms with Crippen molar-refractivity contribution in [3.05, 3.63) is 0 Å². The summed E-state index contributed by atoms with van der Waals surface area (Å²) < 4.78 is 0. The van der Waals surface area contributed by atoms with Crippen LogP contribution in [0.5, 0.6) is 0 Å². The molecule has 78 valence electrons. The van der Waals surface area contributed by atoms with E-state index in [0.717, 1.165) is 0 Å². The Balaban J connectivity index is 2.64. The van der Waals surface area contributed by atoms with E-state index in [-0.39, 0.29) is 0 Å². The van der Waals surface area contributed by atoms with Gasteiger partial charge in [-0.25, -0.2) is 0 Å². The van der Waals surface area contributed by atoms with E-state index >= 15 is 0 Å². The van der Waals surface area contributed by atoms with Gasteiger partial charge in [-0.2, -0.15) is 0 Å². The second kappa shape index (κ2) is 3.97. The highest BCUT2D eigenvalue weighted by molar-refractivity contribution is 4.97. The molecule has 13 heavy (non-hydrogen) atoms. The minimum absolute atomic E-state index is 0.378. The van der Waals surface area contributed by atoms with Gasteiger partial charge in [0, 0.05) is 24.2 Å². The number of hydrogen-bond acceptors (Lipinski definition) is 2. The minimum atomic E-state index is 0.378. The summed E-state index contributed by atoms with van der Waals surface area (Å²) in [6, 6.07) is 1.40. The molecule has 2 nitrogen and oxygen atoms in total. The average molecular weight is 184 g/mol. The van der Waals surface area contributed by atoms with Gasteiger partial charge >= 0.3 is 0 Å². The van der Waals surface area contributed by atoms with Crippen LogP contribution in [0.2, 0.25) is 0 Å². The molecule has 1 saturated heterocycles. The molecule has 1 aliphatic rings. The Labute approximate surface area is 82.7 Å². The average Bonchev–Trinajstić information content (AvgIpc) is 2.39. The van der Waals surface area contributed by atoms with Gasteiger partial charge in [-0.05, 0) is 40.7 Å². The molecule has 0 radical (unpaired) electrons. The minimum Gasteiger partial charge on any atom is -0.316 e. The number of likely N-dealkylation sites (tertiary alicyclic amines) is 1. The van der Waals surface area contributed by atoms with Gasteiger partial charge in [0.05, 0.1) is 0 Å². The summed E-state index contributed by atoms with van der Waals surface area (Å²) in [5.41, 5.74) is 0.378. The molecule has 2 unspecified atom stereocenters. The summed E-state index contributed by atoms with van der Waals surface area (Å²) in [4.78, 5) is 2.63. The van der Waals surface area contributed by atoms with Crippen molar-refractivity contribution in [3.8, 4) is 0 Å². The third kappa shape index (κ3) is 2.23. The molecule has 0 bridgehead atoms. The molecular formula is C11H24N2. The third-order valence-electron chi connectivity index (χ3n) is 3.47. The molecule has 1 heterocycles. The topological polar surface area (TPSA) is 15.3 Å². The summed E-state index contributed by atoms with van der Waals surface area (Å²) in [6.45, 7) is 10.5. The van der Waals surface area contributed by atoms with Gasteiger partial charge in [-0.3, -0.25) is 4.90 Å². The monoisotopic (exact) mass is 184 g/mol. The van der Waals surface area contributed by atoms with Crippen LogP contribution in [0.25, 0.3) is 0 Å². The molecule has 1 N–H and O–H groups in total. The van der Waals surface area contributed by atoms with Crippen molar-refractivity contribution in [2.24, 2.45) is 0 Å². The highest BCUT2D eigenvalue weighted by Crippen LogP contribution is 2.31. The molecule has 1 aliphatic heterocycles. The molecule has 2 heteroatoms. The van der Waals surface area contributed by atoms with Crippen molar-refractivity contribution in [3.63, 3.8) is 0 Å². The number of hydrogen-bond donors (Lipinski definition) is 1. The van der Waals surface area contributed by atoms with Crippen LogP contribution in [-0.2, 0) is 0 Å². The van der Waals surface area contributed by atoms with Crippen molar-refractivity contribution in [2.45, 2.75) is 58.2 Å². The quantitative estimate of drug-likeness (QED) is 0.720. The van der Waals surface area contributed by atoms with Gasteiger partial charge in [-0.15, -0.1) is 0 Å². The van der Waals surface area contributed by atoms with Gasteiger partial charge in [0.2, 0.25) is 0 Å². The summed E-state index contributed by atoms with van der Waals surface area (Å²) in [6.07, 6.45) is 2.52. The van der Waals surface area contributed by atoms with Gasteiger partial charge in [0.25, 0.3) is 0 Å². The maximum atomic E-state index is 3.39. The van der Waals surface area contributed by atoms with Crippen LogP contribution in [0.3, 0.4) is 0 Å². The largest absolute Gasteiger partial charge is 0.316 e. The zero-order valence-electron chi connectivity index (χ0n) is 9.72. The van der Waals surface area contributed by atoms with Gasteiger partial charge in [0.1, 0.15) is 0 Å². The molecule has 0 amide bonds. The predicted octanol–water partition coefficient (Wildman–Crippen LogP) is 1.86. The SMILES string of the molecule is CCC(C)N1CC(NC)CC1(C)C. The summed E-state index contributed by atoms with van der Waals surface area (Å²) in [7, 11) is 2.07. The van der Waals surface area contributed by atoms with Crippen molar-refractivity contribution < 1.29 is 0 Å². The van der Waals surface area contributed by atoms with E-state index in [1.54, 1.807) is 0 Å². The highest BCUT2D eigenvalue weighted by atomic mass is 15.3. The smallest absolute Gasteiger partial charge is 0.0209 e. The second-order valence-electron chi connectivity index (χ2n) is 4.91. The normalized spacial score (nSPS) is 30.7. The van der Waals surface area contributed by atoms with Crippen LogP contribution in [0, 0.1) is 0 Å². The van der Waals surface area contributed by atoms with E-state index in [0.29, 0.717) is 17.6 Å². The van der Waals surface area contributed by atoms with E-state index < -0.39 is 0 Å². The lowest BCUT2D eigenvalue weighted by molar-refractivity contribution is 0.122. The maximum absolute atomic E-state index is 3.39. The lowest BCUT2D eigenvalue weighted by atomic mass is 9.99. The summed E-state index contributed by atoms with van der Waals surface area (Å²) in [5.74, 6) is 0. The zero-order valence-corrected chi connectivity index (χ0v) is 9.72.